The standard InChI is InChI=1S/C35H37Cl2N5O4/c36-30-5-2-6-31(37)32(30)33-29(34(46-40-33)21-7-8-21)20-45-28-16-26-9-10-27(17-28)42(26)35(43)39-24-4-1-3-22(15-24)23-18-38-41(19-23)25-11-13-44-14-12-25/h1-6,15,18-19,21,25-28H,7-14,16-17,20H2,(H,39,43). The van der Waals surface area contributed by atoms with Crippen LogP contribution in [0.5, 0.6) is 0 Å². The molecule has 0 spiro atoms. The van der Waals surface area contributed by atoms with E-state index in [1.165, 1.54) is 0 Å². The molecule has 8 rings (SSSR count). The maximum absolute atomic E-state index is 13.6. The molecule has 2 aromatic heterocycles. The first-order chi connectivity index (χ1) is 22.5. The quantitative estimate of drug-likeness (QED) is 0.203. The Labute approximate surface area is 278 Å². The van der Waals surface area contributed by atoms with E-state index in [9.17, 15) is 4.79 Å². The summed E-state index contributed by atoms with van der Waals surface area (Å²) < 4.78 is 20.0. The lowest BCUT2D eigenvalue weighted by molar-refractivity contribution is -0.0158. The molecule has 46 heavy (non-hydrogen) atoms. The first-order valence-corrected chi connectivity index (χ1v) is 17.1. The summed E-state index contributed by atoms with van der Waals surface area (Å²) in [6, 6.07) is 14.1. The van der Waals surface area contributed by atoms with E-state index in [0.29, 0.717) is 39.9 Å². The molecule has 3 aliphatic heterocycles. The van der Waals surface area contributed by atoms with Gasteiger partial charge in [0.2, 0.25) is 0 Å². The first kappa shape index (κ1) is 30.0. The third-order valence-electron chi connectivity index (χ3n) is 9.97. The molecular weight excluding hydrogens is 625 g/mol. The van der Waals surface area contributed by atoms with E-state index in [2.05, 4.69) is 32.5 Å². The molecule has 3 saturated heterocycles. The maximum Gasteiger partial charge on any atom is 0.322 e. The van der Waals surface area contributed by atoms with Crippen molar-refractivity contribution in [1.82, 2.24) is 19.8 Å². The summed E-state index contributed by atoms with van der Waals surface area (Å²) in [5, 5.41) is 13.3. The highest BCUT2D eigenvalue weighted by Gasteiger charge is 2.44. The van der Waals surface area contributed by atoms with Crippen LogP contribution < -0.4 is 5.32 Å². The molecule has 4 fully saturated rings. The molecule has 9 nitrogen and oxygen atoms in total. The van der Waals surface area contributed by atoms with Crippen LogP contribution in [0.4, 0.5) is 10.5 Å². The lowest BCUT2D eigenvalue weighted by Gasteiger charge is -2.38. The Balaban J connectivity index is 0.921. The zero-order chi connectivity index (χ0) is 31.2. The number of benzene rings is 2. The third kappa shape index (κ3) is 5.94. The number of ether oxygens (including phenoxy) is 2. The zero-order valence-corrected chi connectivity index (χ0v) is 27.1. The minimum absolute atomic E-state index is 0.0358. The Bertz CT molecular complexity index is 1690. The van der Waals surface area contributed by atoms with Crippen molar-refractivity contribution in [1.29, 1.82) is 0 Å². The van der Waals surface area contributed by atoms with Gasteiger partial charge in [0.05, 0.1) is 35.0 Å². The van der Waals surface area contributed by atoms with Crippen LogP contribution in [0.2, 0.25) is 10.0 Å². The molecule has 1 aliphatic carbocycles. The number of rotatable bonds is 8. The van der Waals surface area contributed by atoms with E-state index in [1.807, 2.05) is 47.5 Å². The number of carbonyl (C=O) groups is 1. The normalized spacial score (nSPS) is 23.2. The summed E-state index contributed by atoms with van der Waals surface area (Å²) in [6.07, 6.45) is 11.7. The summed E-state index contributed by atoms with van der Waals surface area (Å²) in [6.45, 7) is 1.92. The molecule has 240 valence electrons. The Morgan fingerprint density at radius 1 is 0.935 bits per heavy atom. The van der Waals surface area contributed by atoms with E-state index in [0.717, 1.165) is 92.7 Å². The second-order valence-electron chi connectivity index (χ2n) is 13.0. The predicted octanol–water partition coefficient (Wildman–Crippen LogP) is 8.48. The van der Waals surface area contributed by atoms with Crippen molar-refractivity contribution < 1.29 is 18.8 Å². The van der Waals surface area contributed by atoms with Gasteiger partial charge >= 0.3 is 6.03 Å². The summed E-state index contributed by atoms with van der Waals surface area (Å²) >= 11 is 13.1. The van der Waals surface area contributed by atoms with Crippen molar-refractivity contribution in [3.63, 3.8) is 0 Å². The van der Waals surface area contributed by atoms with E-state index < -0.39 is 0 Å². The van der Waals surface area contributed by atoms with Gasteiger partial charge in [-0.1, -0.05) is 46.6 Å². The van der Waals surface area contributed by atoms with Gasteiger partial charge in [-0.25, -0.2) is 4.79 Å². The van der Waals surface area contributed by atoms with Crippen LogP contribution in [-0.4, -0.2) is 57.3 Å². The van der Waals surface area contributed by atoms with Gasteiger partial charge in [-0.05, 0) is 81.2 Å². The number of halogens is 2. The number of hydrogen-bond donors (Lipinski definition) is 1. The molecule has 4 aliphatic rings. The van der Waals surface area contributed by atoms with Crippen molar-refractivity contribution in [2.45, 2.75) is 88.1 Å². The highest BCUT2D eigenvalue weighted by atomic mass is 35.5. The number of nitrogens with zero attached hydrogens (tertiary/aromatic N) is 4. The summed E-state index contributed by atoms with van der Waals surface area (Å²) in [5.74, 6) is 1.24. The minimum Gasteiger partial charge on any atom is -0.381 e. The Morgan fingerprint density at radius 3 is 2.41 bits per heavy atom. The number of urea groups is 1. The van der Waals surface area contributed by atoms with Crippen molar-refractivity contribution >= 4 is 34.9 Å². The summed E-state index contributed by atoms with van der Waals surface area (Å²) in [7, 11) is 0. The van der Waals surface area contributed by atoms with Crippen LogP contribution in [0.25, 0.3) is 22.4 Å². The zero-order valence-electron chi connectivity index (χ0n) is 25.5. The molecule has 2 atom stereocenters. The molecular formula is C35H37Cl2N5O4. The van der Waals surface area contributed by atoms with Crippen molar-refractivity contribution in [2.75, 3.05) is 18.5 Å². The highest BCUT2D eigenvalue weighted by Crippen LogP contribution is 2.46. The molecule has 5 heterocycles. The smallest absolute Gasteiger partial charge is 0.322 e. The van der Waals surface area contributed by atoms with Crippen molar-refractivity contribution in [3.05, 3.63) is 76.2 Å². The van der Waals surface area contributed by atoms with Gasteiger partial charge in [0, 0.05) is 59.8 Å². The van der Waals surface area contributed by atoms with Gasteiger partial charge in [0.25, 0.3) is 0 Å². The number of anilines is 1. The molecule has 1 N–H and O–H groups in total. The number of hydrogen-bond acceptors (Lipinski definition) is 6. The fourth-order valence-corrected chi connectivity index (χ4v) is 8.02. The van der Waals surface area contributed by atoms with E-state index in [1.54, 1.807) is 0 Å². The first-order valence-electron chi connectivity index (χ1n) is 16.4. The Hall–Kier alpha value is -3.37. The van der Waals surface area contributed by atoms with Crippen molar-refractivity contribution in [3.8, 4) is 22.4 Å². The molecule has 4 aromatic rings. The second-order valence-corrected chi connectivity index (χ2v) is 13.8. The largest absolute Gasteiger partial charge is 0.381 e. The molecule has 2 aromatic carbocycles. The fraction of sp³-hybridized carbons (Fsp3) is 0.457. The maximum atomic E-state index is 13.6. The number of amides is 2. The van der Waals surface area contributed by atoms with E-state index >= 15 is 0 Å². The summed E-state index contributed by atoms with van der Waals surface area (Å²) in [5.41, 5.74) is 5.13. The summed E-state index contributed by atoms with van der Waals surface area (Å²) in [4.78, 5) is 15.7. The average molecular weight is 663 g/mol. The molecule has 0 radical (unpaired) electrons. The highest BCUT2D eigenvalue weighted by molar-refractivity contribution is 6.39. The van der Waals surface area contributed by atoms with Crippen LogP contribution >= 0.6 is 23.2 Å². The third-order valence-corrected chi connectivity index (χ3v) is 10.6. The molecule has 2 bridgehead atoms. The Kier molecular flexibility index (Phi) is 8.27. The van der Waals surface area contributed by atoms with Crippen molar-refractivity contribution in [2.24, 2.45) is 0 Å². The number of fused-ring (bicyclic) bond motifs is 2. The van der Waals surface area contributed by atoms with Gasteiger partial charge in [-0.15, -0.1) is 0 Å². The van der Waals surface area contributed by atoms with Gasteiger partial charge < -0.3 is 24.2 Å². The fourth-order valence-electron chi connectivity index (χ4n) is 7.45. The number of carbonyl (C=O) groups excluding carboxylic acids is 1. The lowest BCUT2D eigenvalue weighted by atomic mass is 9.99. The number of nitrogens with one attached hydrogen (secondary N) is 1. The van der Waals surface area contributed by atoms with Crippen LogP contribution in [0.3, 0.4) is 0 Å². The minimum atomic E-state index is -0.0493. The topological polar surface area (TPSA) is 94.7 Å². The number of aromatic nitrogens is 3. The van der Waals surface area contributed by atoms with Crippen LogP contribution in [0.15, 0.2) is 59.4 Å². The molecule has 2 amide bonds. The van der Waals surface area contributed by atoms with E-state index in [-0.39, 0.29) is 24.2 Å². The van der Waals surface area contributed by atoms with E-state index in [4.69, 9.17) is 37.2 Å². The van der Waals surface area contributed by atoms with Gasteiger partial charge in [-0.2, -0.15) is 5.10 Å². The molecule has 1 saturated carbocycles. The SMILES string of the molecule is O=C(Nc1cccc(-c2cnn(C3CCOCC3)c2)c1)N1C2CCC1CC(OCc1c(-c3c(Cl)cccc3Cl)noc1C1CC1)C2. The average Bonchev–Trinajstić information content (AvgIpc) is 3.51. The van der Waals surface area contributed by atoms with Gasteiger partial charge in [0.1, 0.15) is 11.5 Å². The Morgan fingerprint density at radius 2 is 1.67 bits per heavy atom. The lowest BCUT2D eigenvalue weighted by Crippen LogP contribution is -2.50. The van der Waals surface area contributed by atoms with Gasteiger partial charge in [0.15, 0.2) is 0 Å². The van der Waals surface area contributed by atoms with Crippen LogP contribution in [0, 0.1) is 0 Å². The predicted molar refractivity (Wildman–Crippen MR) is 176 cm³/mol. The second kappa shape index (κ2) is 12.7. The molecule has 2 unspecified atom stereocenters. The molecule has 11 heteroatoms. The van der Waals surface area contributed by atoms with Crippen LogP contribution in [0.1, 0.15) is 74.7 Å². The monoisotopic (exact) mass is 661 g/mol. The van der Waals surface area contributed by atoms with Crippen LogP contribution in [-0.2, 0) is 16.1 Å². The number of piperidine rings is 1. The van der Waals surface area contributed by atoms with Gasteiger partial charge in [-0.3, -0.25) is 4.68 Å².